The zero-order chi connectivity index (χ0) is 18.0. The lowest BCUT2D eigenvalue weighted by molar-refractivity contribution is -0.168. The average Bonchev–Trinajstić information content (AvgIpc) is 3.02. The van der Waals surface area contributed by atoms with Crippen LogP contribution in [0.15, 0.2) is 41.4 Å². The van der Waals surface area contributed by atoms with Gasteiger partial charge in [0.05, 0.1) is 19.9 Å². The Labute approximate surface area is 149 Å². The van der Waals surface area contributed by atoms with Crippen LogP contribution in [0.25, 0.3) is 0 Å². The smallest absolute Gasteiger partial charge is 0.323 e. The molecular weight excluding hydrogens is 338 g/mol. The minimum Gasteiger partial charge on any atom is -0.468 e. The third-order valence-electron chi connectivity index (χ3n) is 4.49. The summed E-state index contributed by atoms with van der Waals surface area (Å²) in [6.07, 6.45) is 0.572. The largest absolute Gasteiger partial charge is 0.468 e. The van der Waals surface area contributed by atoms with Crippen LogP contribution in [0.2, 0.25) is 0 Å². The molecule has 0 radical (unpaired) electrons. The van der Waals surface area contributed by atoms with Crippen LogP contribution >= 0.6 is 11.3 Å². The number of ether oxygens (including phenoxy) is 2. The van der Waals surface area contributed by atoms with Gasteiger partial charge in [-0.25, -0.2) is 4.99 Å². The van der Waals surface area contributed by atoms with Crippen molar-refractivity contribution in [3.63, 3.8) is 0 Å². The van der Waals surface area contributed by atoms with Gasteiger partial charge in [0.2, 0.25) is 0 Å². The maximum Gasteiger partial charge on any atom is 0.323 e. The topological polar surface area (TPSA) is 65.0 Å². The highest BCUT2D eigenvalue weighted by Crippen LogP contribution is 2.40. The van der Waals surface area contributed by atoms with Crippen molar-refractivity contribution in [3.05, 3.63) is 57.1 Å². The minimum absolute atomic E-state index is 0.271. The molecule has 1 aromatic heterocycles. The lowest BCUT2D eigenvalue weighted by Gasteiger charge is -2.22. The number of aryl methyl sites for hydroxylation is 1. The van der Waals surface area contributed by atoms with Crippen molar-refractivity contribution >= 4 is 29.0 Å². The summed E-state index contributed by atoms with van der Waals surface area (Å²) in [5, 5.41) is 0. The monoisotopic (exact) mass is 357 g/mol. The number of nitrogens with zero attached hydrogens (tertiary/aromatic N) is 1. The maximum absolute atomic E-state index is 12.3. The highest BCUT2D eigenvalue weighted by Gasteiger charge is 2.53. The Hall–Kier alpha value is -2.47. The molecule has 5 nitrogen and oxygen atoms in total. The third kappa shape index (κ3) is 3.09. The molecule has 1 aliphatic carbocycles. The fourth-order valence-electron chi connectivity index (χ4n) is 3.24. The molecule has 25 heavy (non-hydrogen) atoms. The van der Waals surface area contributed by atoms with Crippen LogP contribution < -0.4 is 4.67 Å². The number of rotatable bonds is 3. The summed E-state index contributed by atoms with van der Waals surface area (Å²) in [7, 11) is 2.59. The van der Waals surface area contributed by atoms with E-state index in [0.717, 1.165) is 26.4 Å². The highest BCUT2D eigenvalue weighted by atomic mass is 32.1. The zero-order valence-electron chi connectivity index (χ0n) is 14.4. The number of carbonyl (C=O) groups excluding carboxylic acids is 2. The van der Waals surface area contributed by atoms with Crippen molar-refractivity contribution in [2.75, 3.05) is 14.2 Å². The predicted octanol–water partition coefficient (Wildman–Crippen LogP) is 2.72. The molecule has 0 saturated carbocycles. The summed E-state index contributed by atoms with van der Waals surface area (Å²) in [6, 6.07) is 11.6. The van der Waals surface area contributed by atoms with Crippen LogP contribution in [0.4, 0.5) is 5.69 Å². The Kier molecular flexibility index (Phi) is 4.72. The lowest BCUT2D eigenvalue weighted by atomic mass is 9.84. The lowest BCUT2D eigenvalue weighted by Crippen LogP contribution is -2.42. The number of hydrogen-bond acceptors (Lipinski definition) is 6. The first-order valence-electron chi connectivity index (χ1n) is 7.89. The van der Waals surface area contributed by atoms with Crippen molar-refractivity contribution in [2.45, 2.75) is 19.8 Å². The van der Waals surface area contributed by atoms with Gasteiger partial charge >= 0.3 is 11.9 Å². The Morgan fingerprint density at radius 1 is 1.08 bits per heavy atom. The fraction of sp³-hybridized carbons (Fsp3) is 0.316. The molecule has 0 bridgehead atoms. The molecule has 0 fully saturated rings. The van der Waals surface area contributed by atoms with Crippen LogP contribution in [-0.4, -0.2) is 26.2 Å². The van der Waals surface area contributed by atoms with Gasteiger partial charge in [0.1, 0.15) is 4.67 Å². The van der Waals surface area contributed by atoms with E-state index >= 15 is 0 Å². The summed E-state index contributed by atoms with van der Waals surface area (Å²) in [6.45, 7) is 1.98. The van der Waals surface area contributed by atoms with E-state index < -0.39 is 17.4 Å². The fourth-order valence-corrected chi connectivity index (χ4v) is 4.24. The molecule has 3 rings (SSSR count). The number of carbonyl (C=O) groups is 2. The number of benzene rings is 1. The molecule has 0 aliphatic heterocycles. The van der Waals surface area contributed by atoms with E-state index in [9.17, 15) is 9.59 Å². The Morgan fingerprint density at radius 3 is 2.32 bits per heavy atom. The third-order valence-corrected chi connectivity index (χ3v) is 5.46. The van der Waals surface area contributed by atoms with Crippen molar-refractivity contribution in [1.29, 1.82) is 0 Å². The molecular formula is C19H19NO4S. The summed E-state index contributed by atoms with van der Waals surface area (Å²) in [4.78, 5) is 30.4. The predicted molar refractivity (Wildman–Crippen MR) is 94.6 cm³/mol. The molecule has 0 atom stereocenters. The number of para-hydroxylation sites is 1. The Balaban J connectivity index is 2.07. The summed E-state index contributed by atoms with van der Waals surface area (Å²) >= 11 is 1.55. The van der Waals surface area contributed by atoms with E-state index in [-0.39, 0.29) is 6.42 Å². The standard InChI is InChI=1S/C19H19NO4S/c1-12-15-11-19(17(21)23-2,18(22)24-3)10-13(15)9-16(25-12)20-14-7-5-4-6-8-14/h4-9H,10-11H2,1-3H3. The molecule has 0 saturated heterocycles. The van der Waals surface area contributed by atoms with Crippen LogP contribution in [0.1, 0.15) is 16.0 Å². The first-order valence-corrected chi connectivity index (χ1v) is 8.71. The van der Waals surface area contributed by atoms with E-state index in [1.54, 1.807) is 11.3 Å². The Bertz CT molecular complexity index is 870. The van der Waals surface area contributed by atoms with Crippen LogP contribution in [0.3, 0.4) is 0 Å². The second-order valence-electron chi connectivity index (χ2n) is 6.01. The second-order valence-corrected chi connectivity index (χ2v) is 7.25. The summed E-state index contributed by atoms with van der Waals surface area (Å²) < 4.78 is 10.6. The van der Waals surface area contributed by atoms with Crippen LogP contribution in [-0.2, 0) is 31.9 Å². The average molecular weight is 357 g/mol. The summed E-state index contributed by atoms with van der Waals surface area (Å²) in [5.74, 6) is -1.11. The van der Waals surface area contributed by atoms with Gasteiger partial charge in [0.25, 0.3) is 0 Å². The number of methoxy groups -OCH3 is 2. The van der Waals surface area contributed by atoms with Gasteiger partial charge in [-0.1, -0.05) is 18.2 Å². The van der Waals surface area contributed by atoms with E-state index in [2.05, 4.69) is 4.99 Å². The van der Waals surface area contributed by atoms with Gasteiger partial charge < -0.3 is 9.47 Å². The van der Waals surface area contributed by atoms with Crippen molar-refractivity contribution in [2.24, 2.45) is 10.4 Å². The van der Waals surface area contributed by atoms with Gasteiger partial charge in [-0.05, 0) is 42.7 Å². The van der Waals surface area contributed by atoms with Crippen LogP contribution in [0.5, 0.6) is 0 Å². The first kappa shape index (κ1) is 17.4. The maximum atomic E-state index is 12.3. The molecule has 0 amide bonds. The van der Waals surface area contributed by atoms with Gasteiger partial charge in [-0.3, -0.25) is 9.59 Å². The van der Waals surface area contributed by atoms with Gasteiger partial charge in [-0.15, -0.1) is 11.3 Å². The molecule has 1 heterocycles. The van der Waals surface area contributed by atoms with E-state index in [0.29, 0.717) is 6.42 Å². The normalized spacial score (nSPS) is 15.6. The molecule has 6 heteroatoms. The van der Waals surface area contributed by atoms with Crippen molar-refractivity contribution < 1.29 is 19.1 Å². The molecule has 2 aromatic rings. The minimum atomic E-state index is -1.30. The zero-order valence-corrected chi connectivity index (χ0v) is 15.2. The molecule has 1 aromatic carbocycles. The van der Waals surface area contributed by atoms with Crippen LogP contribution in [0, 0.1) is 12.3 Å². The molecule has 130 valence electrons. The van der Waals surface area contributed by atoms with Gasteiger partial charge in [-0.2, -0.15) is 0 Å². The highest BCUT2D eigenvalue weighted by molar-refractivity contribution is 7.09. The Morgan fingerprint density at radius 2 is 1.72 bits per heavy atom. The number of hydrogen-bond donors (Lipinski definition) is 0. The SMILES string of the molecule is COC(=O)C1(C(=O)OC)Cc2cc(=Nc3ccccc3)sc(C)c2C1. The summed E-state index contributed by atoms with van der Waals surface area (Å²) in [5.41, 5.74) is 1.52. The van der Waals surface area contributed by atoms with E-state index in [1.165, 1.54) is 14.2 Å². The molecule has 0 N–H and O–H groups in total. The van der Waals surface area contributed by atoms with Gasteiger partial charge in [0.15, 0.2) is 5.41 Å². The molecule has 1 aliphatic rings. The molecule has 0 unspecified atom stereocenters. The quantitative estimate of drug-likeness (QED) is 0.626. The van der Waals surface area contributed by atoms with Crippen molar-refractivity contribution in [3.8, 4) is 0 Å². The first-order chi connectivity index (χ1) is 12.0. The molecule has 0 spiro atoms. The second kappa shape index (κ2) is 6.80. The van der Waals surface area contributed by atoms with Crippen molar-refractivity contribution in [1.82, 2.24) is 0 Å². The van der Waals surface area contributed by atoms with E-state index in [4.69, 9.17) is 9.47 Å². The van der Waals surface area contributed by atoms with Gasteiger partial charge in [0, 0.05) is 11.3 Å². The number of fused-ring (bicyclic) bond motifs is 1. The van der Waals surface area contributed by atoms with E-state index in [1.807, 2.05) is 43.3 Å². The number of esters is 2.